The lowest BCUT2D eigenvalue weighted by molar-refractivity contribution is -0.240. The van der Waals surface area contributed by atoms with Crippen LogP contribution in [0.25, 0.3) is 0 Å². The summed E-state index contributed by atoms with van der Waals surface area (Å²) in [6.07, 6.45) is 0.355. The van der Waals surface area contributed by atoms with Gasteiger partial charge in [0.05, 0.1) is 26.1 Å². The van der Waals surface area contributed by atoms with Crippen LogP contribution in [0.15, 0.2) is 30.3 Å². The molecule has 0 aliphatic carbocycles. The Kier molecular flexibility index (Phi) is 3.48. The lowest BCUT2D eigenvalue weighted by Crippen LogP contribution is -2.65. The lowest BCUT2D eigenvalue weighted by Gasteiger charge is -2.47. The zero-order chi connectivity index (χ0) is 16.0. The van der Waals surface area contributed by atoms with Gasteiger partial charge in [0, 0.05) is 5.41 Å². The van der Waals surface area contributed by atoms with Crippen LogP contribution in [0.5, 0.6) is 0 Å². The molecule has 0 N–H and O–H groups in total. The van der Waals surface area contributed by atoms with Crippen molar-refractivity contribution in [3.63, 3.8) is 0 Å². The maximum Gasteiger partial charge on any atom is 0.249 e. The molecule has 0 radical (unpaired) electrons. The zero-order valence-electron chi connectivity index (χ0n) is 13.3. The number of benzene rings is 1. The minimum Gasteiger partial charge on any atom is -0.336 e. The quantitative estimate of drug-likeness (QED) is 0.839. The Morgan fingerprint density at radius 1 is 1.23 bits per heavy atom. The van der Waals surface area contributed by atoms with Crippen LogP contribution in [0.3, 0.4) is 0 Å². The second-order valence-electron chi connectivity index (χ2n) is 7.28. The van der Waals surface area contributed by atoms with Gasteiger partial charge >= 0.3 is 0 Å². The highest BCUT2D eigenvalue weighted by atomic mass is 16.7. The predicted molar refractivity (Wildman–Crippen MR) is 81.5 cm³/mol. The average Bonchev–Trinajstić information content (AvgIpc) is 2.74. The molecule has 2 aliphatic heterocycles. The molecule has 3 rings (SSSR count). The smallest absolute Gasteiger partial charge is 0.249 e. The van der Waals surface area contributed by atoms with Gasteiger partial charge in [0.1, 0.15) is 5.60 Å². The summed E-state index contributed by atoms with van der Waals surface area (Å²) in [4.78, 5) is 32.0. The van der Waals surface area contributed by atoms with Gasteiger partial charge in [0.2, 0.25) is 11.8 Å². The molecule has 2 aliphatic rings. The molecule has 22 heavy (non-hydrogen) atoms. The summed E-state index contributed by atoms with van der Waals surface area (Å²) < 4.78 is 0. The highest BCUT2D eigenvalue weighted by Crippen LogP contribution is 2.38. The predicted octanol–water partition coefficient (Wildman–Crippen LogP) is 1.98. The van der Waals surface area contributed by atoms with E-state index in [1.807, 2.05) is 51.1 Å². The van der Waals surface area contributed by atoms with Gasteiger partial charge in [-0.3, -0.25) is 14.4 Å². The zero-order valence-corrected chi connectivity index (χ0v) is 13.3. The van der Waals surface area contributed by atoms with E-state index in [1.165, 1.54) is 5.06 Å². The van der Waals surface area contributed by atoms with Gasteiger partial charge < -0.3 is 4.90 Å². The third-order valence-corrected chi connectivity index (χ3v) is 4.11. The maximum absolute atomic E-state index is 12.2. The number of hydroxylamine groups is 2. The third kappa shape index (κ3) is 2.73. The van der Waals surface area contributed by atoms with Crippen LogP contribution in [0.4, 0.5) is 0 Å². The highest BCUT2D eigenvalue weighted by Gasteiger charge is 2.55. The van der Waals surface area contributed by atoms with E-state index in [0.717, 1.165) is 5.56 Å². The Morgan fingerprint density at radius 2 is 1.86 bits per heavy atom. The highest BCUT2D eigenvalue weighted by molar-refractivity contribution is 5.84. The lowest BCUT2D eigenvalue weighted by atomic mass is 9.86. The summed E-state index contributed by atoms with van der Waals surface area (Å²) in [5.41, 5.74) is 0.135. The number of carbonyl (C=O) groups is 2. The molecule has 1 aromatic rings. The Hall–Kier alpha value is -1.88. The number of amides is 2. The van der Waals surface area contributed by atoms with Gasteiger partial charge in [-0.15, -0.1) is 0 Å². The molecule has 0 atom stereocenters. The first-order valence-corrected chi connectivity index (χ1v) is 7.62. The second-order valence-corrected chi connectivity index (χ2v) is 7.28. The molecule has 1 spiro atoms. The topological polar surface area (TPSA) is 49.9 Å². The molecule has 0 saturated carbocycles. The molecular formula is C17H22N2O3. The Bertz CT molecular complexity index is 586. The van der Waals surface area contributed by atoms with Crippen molar-refractivity contribution in [2.45, 2.75) is 39.3 Å². The van der Waals surface area contributed by atoms with Gasteiger partial charge in [-0.25, -0.2) is 5.06 Å². The van der Waals surface area contributed by atoms with Crippen LogP contribution in [-0.4, -0.2) is 40.5 Å². The summed E-state index contributed by atoms with van der Waals surface area (Å²) in [5, 5.41) is 1.44. The fourth-order valence-electron chi connectivity index (χ4n) is 2.99. The molecule has 2 heterocycles. The number of hydrogen-bond donors (Lipinski definition) is 0. The molecule has 2 amide bonds. The standard InChI is InChI=1S/C17H22N2O3/c1-16(2,3)15(21)18-11-17(12-18)9-14(20)19(22-17)10-13-7-5-4-6-8-13/h4-8H,9-12H2,1-3H3. The van der Waals surface area contributed by atoms with Crippen LogP contribution in [-0.2, 0) is 21.0 Å². The van der Waals surface area contributed by atoms with Crippen LogP contribution >= 0.6 is 0 Å². The number of likely N-dealkylation sites (tertiary alicyclic amines) is 1. The van der Waals surface area contributed by atoms with Gasteiger partial charge in [0.15, 0.2) is 0 Å². The summed E-state index contributed by atoms with van der Waals surface area (Å²) in [6.45, 7) is 7.17. The molecular weight excluding hydrogens is 280 g/mol. The number of carbonyl (C=O) groups excluding carboxylic acids is 2. The van der Waals surface area contributed by atoms with Crippen molar-refractivity contribution in [3.8, 4) is 0 Å². The largest absolute Gasteiger partial charge is 0.336 e. The van der Waals surface area contributed by atoms with Gasteiger partial charge in [-0.2, -0.15) is 0 Å². The molecule has 118 valence electrons. The maximum atomic E-state index is 12.2. The van der Waals surface area contributed by atoms with Crippen LogP contribution in [0, 0.1) is 5.41 Å². The number of nitrogens with zero attached hydrogens (tertiary/aromatic N) is 2. The van der Waals surface area contributed by atoms with E-state index in [-0.39, 0.29) is 11.8 Å². The van der Waals surface area contributed by atoms with Crippen molar-refractivity contribution in [2.24, 2.45) is 5.41 Å². The molecule has 1 aromatic carbocycles. The first kappa shape index (κ1) is 15.0. The summed E-state index contributed by atoms with van der Waals surface area (Å²) in [7, 11) is 0. The molecule has 5 heteroatoms. The van der Waals surface area contributed by atoms with Crippen molar-refractivity contribution < 1.29 is 14.4 Å². The van der Waals surface area contributed by atoms with E-state index >= 15 is 0 Å². The van der Waals surface area contributed by atoms with E-state index in [9.17, 15) is 9.59 Å². The van der Waals surface area contributed by atoms with Crippen LogP contribution in [0.1, 0.15) is 32.8 Å². The third-order valence-electron chi connectivity index (χ3n) is 4.11. The molecule has 0 bridgehead atoms. The monoisotopic (exact) mass is 302 g/mol. The minimum atomic E-state index is -0.507. The summed E-state index contributed by atoms with van der Waals surface area (Å²) >= 11 is 0. The van der Waals surface area contributed by atoms with Crippen molar-refractivity contribution in [3.05, 3.63) is 35.9 Å². The number of rotatable bonds is 2. The van der Waals surface area contributed by atoms with Crippen molar-refractivity contribution in [1.82, 2.24) is 9.96 Å². The minimum absolute atomic E-state index is 0.00768. The van der Waals surface area contributed by atoms with Crippen LogP contribution < -0.4 is 0 Å². The summed E-state index contributed by atoms with van der Waals surface area (Å²) in [5.74, 6) is 0.0994. The van der Waals surface area contributed by atoms with E-state index in [0.29, 0.717) is 26.1 Å². The number of hydrogen-bond acceptors (Lipinski definition) is 3. The van der Waals surface area contributed by atoms with Crippen LogP contribution in [0.2, 0.25) is 0 Å². The SMILES string of the molecule is CC(C)(C)C(=O)N1CC2(CC(=O)N(Cc3ccccc3)O2)C1. The molecule has 0 unspecified atom stereocenters. The molecule has 2 saturated heterocycles. The fourth-order valence-corrected chi connectivity index (χ4v) is 2.99. The fraction of sp³-hybridized carbons (Fsp3) is 0.529. The average molecular weight is 302 g/mol. The Labute approximate surface area is 130 Å². The van der Waals surface area contributed by atoms with E-state index in [4.69, 9.17) is 4.84 Å². The van der Waals surface area contributed by atoms with E-state index in [1.54, 1.807) is 4.90 Å². The molecule has 2 fully saturated rings. The molecule has 5 nitrogen and oxygen atoms in total. The first-order chi connectivity index (χ1) is 10.3. The van der Waals surface area contributed by atoms with Crippen molar-refractivity contribution in [2.75, 3.05) is 13.1 Å². The Balaban J connectivity index is 1.61. The Morgan fingerprint density at radius 3 is 2.45 bits per heavy atom. The van der Waals surface area contributed by atoms with Gasteiger partial charge in [-0.05, 0) is 5.56 Å². The second kappa shape index (κ2) is 5.09. The van der Waals surface area contributed by atoms with Gasteiger partial charge in [-0.1, -0.05) is 51.1 Å². The van der Waals surface area contributed by atoms with E-state index in [2.05, 4.69) is 0 Å². The first-order valence-electron chi connectivity index (χ1n) is 7.62. The van der Waals surface area contributed by atoms with Crippen molar-refractivity contribution >= 4 is 11.8 Å². The van der Waals surface area contributed by atoms with Gasteiger partial charge in [0.25, 0.3) is 0 Å². The molecule has 0 aromatic heterocycles. The summed E-state index contributed by atoms with van der Waals surface area (Å²) in [6, 6.07) is 9.77. The normalized spacial score (nSPS) is 20.4. The van der Waals surface area contributed by atoms with E-state index < -0.39 is 11.0 Å². The van der Waals surface area contributed by atoms with Crippen molar-refractivity contribution in [1.29, 1.82) is 0 Å².